The second-order valence-electron chi connectivity index (χ2n) is 5.30. The molecular formula is C14H30N6O6. The minimum Gasteiger partial charge on any atom is -0.379 e. The van der Waals surface area contributed by atoms with Gasteiger partial charge in [-0.15, -0.1) is 0 Å². The number of hydrazine groups is 1. The molecule has 0 fully saturated rings. The third-order valence-electron chi connectivity index (χ3n) is 3.33. The summed E-state index contributed by atoms with van der Waals surface area (Å²) >= 11 is 0. The van der Waals surface area contributed by atoms with E-state index in [9.17, 15) is 5.11 Å². The SMILES string of the molecule is COCN(COC)C1=NC(OC)N(N(C)CO)C(N(COC)COC)=N1. The zero-order chi connectivity index (χ0) is 19.5. The number of rotatable bonds is 11. The largest absolute Gasteiger partial charge is 0.379 e. The highest BCUT2D eigenvalue weighted by Crippen LogP contribution is 2.17. The molecule has 1 aliphatic heterocycles. The molecule has 12 nitrogen and oxygen atoms in total. The summed E-state index contributed by atoms with van der Waals surface area (Å²) < 4.78 is 26.4. The van der Waals surface area contributed by atoms with Crippen molar-refractivity contribution in [2.45, 2.75) is 6.35 Å². The van der Waals surface area contributed by atoms with Gasteiger partial charge in [-0.2, -0.15) is 15.0 Å². The summed E-state index contributed by atoms with van der Waals surface area (Å²) in [5.74, 6) is 0.787. The summed E-state index contributed by atoms with van der Waals surface area (Å²) in [6, 6.07) is 0. The van der Waals surface area contributed by atoms with Crippen LogP contribution >= 0.6 is 0 Å². The molecule has 0 aromatic carbocycles. The van der Waals surface area contributed by atoms with Crippen molar-refractivity contribution in [2.24, 2.45) is 9.98 Å². The van der Waals surface area contributed by atoms with Crippen LogP contribution in [0.2, 0.25) is 0 Å². The fraction of sp³-hybridized carbons (Fsp3) is 0.857. The molecule has 1 N–H and O–H groups in total. The summed E-state index contributed by atoms with van der Waals surface area (Å²) in [5, 5.41) is 12.7. The number of hydrogen-bond donors (Lipinski definition) is 1. The van der Waals surface area contributed by atoms with Gasteiger partial charge < -0.3 is 28.8 Å². The normalized spacial score (nSPS) is 17.4. The molecule has 1 aliphatic rings. The van der Waals surface area contributed by atoms with Gasteiger partial charge in [0.2, 0.25) is 18.3 Å². The summed E-state index contributed by atoms with van der Waals surface area (Å²) in [6.45, 7) is 0.605. The fourth-order valence-electron chi connectivity index (χ4n) is 2.26. The zero-order valence-electron chi connectivity index (χ0n) is 16.3. The lowest BCUT2D eigenvalue weighted by atomic mass is 10.6. The summed E-state index contributed by atoms with van der Waals surface area (Å²) in [7, 11) is 9.47. The second kappa shape index (κ2) is 12.0. The van der Waals surface area contributed by atoms with Gasteiger partial charge in [-0.3, -0.25) is 9.80 Å². The lowest BCUT2D eigenvalue weighted by Crippen LogP contribution is -2.60. The first-order chi connectivity index (χ1) is 12.6. The fourth-order valence-corrected chi connectivity index (χ4v) is 2.26. The van der Waals surface area contributed by atoms with Gasteiger partial charge in [0.25, 0.3) is 0 Å². The Bertz CT molecular complexity index is 453. The van der Waals surface area contributed by atoms with Crippen LogP contribution in [0.15, 0.2) is 9.98 Å². The van der Waals surface area contributed by atoms with E-state index in [0.29, 0.717) is 11.9 Å². The molecule has 26 heavy (non-hydrogen) atoms. The Hall–Kier alpha value is -1.54. The van der Waals surface area contributed by atoms with E-state index in [-0.39, 0.29) is 33.7 Å². The minimum atomic E-state index is -0.762. The molecule has 0 saturated carbocycles. The molecule has 152 valence electrons. The quantitative estimate of drug-likeness (QED) is 0.439. The summed E-state index contributed by atoms with van der Waals surface area (Å²) in [6.07, 6.45) is -0.762. The van der Waals surface area contributed by atoms with Crippen LogP contribution in [0.1, 0.15) is 0 Å². The van der Waals surface area contributed by atoms with Crippen LogP contribution in [0.5, 0.6) is 0 Å². The monoisotopic (exact) mass is 378 g/mol. The van der Waals surface area contributed by atoms with E-state index in [1.807, 2.05) is 0 Å². The van der Waals surface area contributed by atoms with E-state index in [4.69, 9.17) is 23.7 Å². The smallest absolute Gasteiger partial charge is 0.247 e. The zero-order valence-corrected chi connectivity index (χ0v) is 16.3. The van der Waals surface area contributed by atoms with Crippen molar-refractivity contribution in [3.63, 3.8) is 0 Å². The summed E-state index contributed by atoms with van der Waals surface area (Å²) in [4.78, 5) is 12.5. The molecule has 0 aromatic rings. The van der Waals surface area contributed by atoms with E-state index in [0.717, 1.165) is 0 Å². The molecule has 1 rings (SSSR count). The maximum absolute atomic E-state index is 9.60. The van der Waals surface area contributed by atoms with Crippen LogP contribution in [-0.4, -0.2) is 119 Å². The van der Waals surface area contributed by atoms with Crippen molar-refractivity contribution in [1.82, 2.24) is 19.8 Å². The number of nitrogens with zero attached hydrogens (tertiary/aromatic N) is 6. The molecule has 0 radical (unpaired) electrons. The number of aliphatic hydroxyl groups excluding tert-OH is 1. The highest BCUT2D eigenvalue weighted by Gasteiger charge is 2.34. The van der Waals surface area contributed by atoms with E-state index in [2.05, 4.69) is 9.98 Å². The van der Waals surface area contributed by atoms with Gasteiger partial charge in [-0.25, -0.2) is 5.01 Å². The maximum atomic E-state index is 9.60. The number of aliphatic hydroxyl groups is 1. The molecule has 0 spiro atoms. The van der Waals surface area contributed by atoms with E-state index >= 15 is 0 Å². The minimum absolute atomic E-state index is 0.209. The lowest BCUT2D eigenvalue weighted by molar-refractivity contribution is -0.132. The van der Waals surface area contributed by atoms with Crippen molar-refractivity contribution in [3.05, 3.63) is 0 Å². The Labute approximate surface area is 154 Å². The second-order valence-corrected chi connectivity index (χ2v) is 5.30. The van der Waals surface area contributed by atoms with Crippen molar-refractivity contribution < 1.29 is 28.8 Å². The molecule has 0 aliphatic carbocycles. The number of guanidine groups is 2. The van der Waals surface area contributed by atoms with Crippen LogP contribution in [0.25, 0.3) is 0 Å². The van der Waals surface area contributed by atoms with Crippen LogP contribution in [0, 0.1) is 0 Å². The highest BCUT2D eigenvalue weighted by molar-refractivity contribution is 5.96. The van der Waals surface area contributed by atoms with Crippen LogP contribution in [0.4, 0.5) is 0 Å². The first-order valence-corrected chi connectivity index (χ1v) is 7.83. The molecule has 0 bridgehead atoms. The topological polar surface area (TPSA) is 104 Å². The van der Waals surface area contributed by atoms with Crippen molar-refractivity contribution >= 4 is 11.9 Å². The first-order valence-electron chi connectivity index (χ1n) is 7.83. The number of aliphatic imine (C=N–C) groups is 2. The van der Waals surface area contributed by atoms with Crippen LogP contribution < -0.4 is 0 Å². The Morgan fingerprint density at radius 1 is 0.923 bits per heavy atom. The molecule has 0 amide bonds. The van der Waals surface area contributed by atoms with E-state index < -0.39 is 6.35 Å². The Kier molecular flexibility index (Phi) is 10.3. The summed E-state index contributed by atoms with van der Waals surface area (Å²) in [5.41, 5.74) is 0. The number of ether oxygens (including phenoxy) is 5. The van der Waals surface area contributed by atoms with Crippen LogP contribution in [-0.2, 0) is 23.7 Å². The van der Waals surface area contributed by atoms with Crippen molar-refractivity contribution in [2.75, 3.05) is 76.3 Å². The molecule has 0 saturated heterocycles. The van der Waals surface area contributed by atoms with Gasteiger partial charge in [0.15, 0.2) is 0 Å². The van der Waals surface area contributed by atoms with Gasteiger partial charge in [0.05, 0.1) is 0 Å². The van der Waals surface area contributed by atoms with Gasteiger partial charge in [-0.05, 0) is 0 Å². The van der Waals surface area contributed by atoms with Crippen molar-refractivity contribution in [3.8, 4) is 0 Å². The lowest BCUT2D eigenvalue weighted by Gasteiger charge is -2.42. The number of hydrogen-bond acceptors (Lipinski definition) is 12. The van der Waals surface area contributed by atoms with Gasteiger partial charge in [0.1, 0.15) is 33.7 Å². The molecule has 12 heteroatoms. The van der Waals surface area contributed by atoms with Gasteiger partial charge in [-0.1, -0.05) is 0 Å². The Morgan fingerprint density at radius 3 is 1.85 bits per heavy atom. The van der Waals surface area contributed by atoms with Crippen molar-refractivity contribution in [1.29, 1.82) is 0 Å². The maximum Gasteiger partial charge on any atom is 0.247 e. The van der Waals surface area contributed by atoms with E-state index in [1.165, 1.54) is 12.1 Å². The highest BCUT2D eigenvalue weighted by atomic mass is 16.5. The van der Waals surface area contributed by atoms with Gasteiger partial charge >= 0.3 is 0 Å². The third-order valence-corrected chi connectivity index (χ3v) is 3.33. The molecule has 0 aromatic heterocycles. The number of methoxy groups -OCH3 is 5. The van der Waals surface area contributed by atoms with Crippen LogP contribution in [0.3, 0.4) is 0 Å². The predicted molar refractivity (Wildman–Crippen MR) is 93.5 cm³/mol. The molecule has 1 unspecified atom stereocenters. The molecule has 1 heterocycles. The third kappa shape index (κ3) is 5.74. The predicted octanol–water partition coefficient (Wildman–Crippen LogP) is -1.24. The average Bonchev–Trinajstić information content (AvgIpc) is 2.66. The molecule has 1 atom stereocenters. The van der Waals surface area contributed by atoms with Gasteiger partial charge in [0, 0.05) is 42.6 Å². The Morgan fingerprint density at radius 2 is 1.42 bits per heavy atom. The van der Waals surface area contributed by atoms with E-state index in [1.54, 1.807) is 50.3 Å². The first kappa shape index (κ1) is 22.5. The standard InChI is InChI=1S/C14H30N6O6/c1-17(7-21)20-13(19(10-24-4)11-25-5)15-12(16-14(20)26-6)18(8-22-2)9-23-3/h14,21H,7-11H2,1-6H3. The molecular weight excluding hydrogens is 348 g/mol. The Balaban J connectivity index is 3.33. The average molecular weight is 378 g/mol.